The van der Waals surface area contributed by atoms with Crippen molar-refractivity contribution < 1.29 is 23.9 Å². The highest BCUT2D eigenvalue weighted by atomic mass is 32.1. The van der Waals surface area contributed by atoms with Gasteiger partial charge in [-0.1, -0.05) is 23.8 Å². The highest BCUT2D eigenvalue weighted by Gasteiger charge is 2.43. The summed E-state index contributed by atoms with van der Waals surface area (Å²) in [7, 11) is 0. The van der Waals surface area contributed by atoms with E-state index in [2.05, 4.69) is 4.98 Å². The Bertz CT molecular complexity index is 1270. The maximum atomic E-state index is 13.3. The number of amides is 1. The van der Waals surface area contributed by atoms with Gasteiger partial charge in [-0.2, -0.15) is 0 Å². The number of carbonyl (C=O) groups excluding carboxylic acids is 4. The van der Waals surface area contributed by atoms with Crippen molar-refractivity contribution in [1.29, 1.82) is 0 Å². The van der Waals surface area contributed by atoms with Crippen LogP contribution in [0.5, 0.6) is 0 Å². The number of nitrogens with zero attached hydrogens (tertiary/aromatic N) is 1. The molecule has 0 radical (unpaired) electrons. The molecule has 3 aromatic rings. The quantitative estimate of drug-likeness (QED) is 0.365. The first-order valence-corrected chi connectivity index (χ1v) is 12.4. The molecule has 0 spiro atoms. The number of piperidine rings is 1. The van der Waals surface area contributed by atoms with E-state index in [0.717, 1.165) is 16.1 Å². The Morgan fingerprint density at radius 1 is 1.11 bits per heavy atom. The van der Waals surface area contributed by atoms with E-state index in [0.29, 0.717) is 23.2 Å². The van der Waals surface area contributed by atoms with Gasteiger partial charge in [-0.15, -0.1) is 11.3 Å². The molecule has 0 bridgehead atoms. The van der Waals surface area contributed by atoms with E-state index >= 15 is 0 Å². The number of carbonyl (C=O) groups is 4. The third-order valence-corrected chi connectivity index (χ3v) is 7.40. The van der Waals surface area contributed by atoms with E-state index in [9.17, 15) is 19.2 Å². The van der Waals surface area contributed by atoms with Crippen LogP contribution in [-0.2, 0) is 14.3 Å². The van der Waals surface area contributed by atoms with Gasteiger partial charge < -0.3 is 14.6 Å². The highest BCUT2D eigenvalue weighted by molar-refractivity contribution is 7.10. The molecule has 8 heteroatoms. The van der Waals surface area contributed by atoms with Gasteiger partial charge in [0.15, 0.2) is 12.4 Å². The van der Waals surface area contributed by atoms with Crippen LogP contribution in [0.4, 0.5) is 5.69 Å². The summed E-state index contributed by atoms with van der Waals surface area (Å²) in [6.45, 7) is 6.42. The molecule has 0 unspecified atom stereocenters. The molecule has 1 saturated heterocycles. The lowest BCUT2D eigenvalue weighted by Crippen LogP contribution is -2.46. The minimum absolute atomic E-state index is 0.0540. The molecule has 2 atom stereocenters. The van der Waals surface area contributed by atoms with Gasteiger partial charge in [0.2, 0.25) is 11.7 Å². The molecule has 7 nitrogen and oxygen atoms in total. The number of H-pyrrole nitrogens is 1. The van der Waals surface area contributed by atoms with Crippen molar-refractivity contribution in [3.05, 3.63) is 74.7 Å². The monoisotopic (exact) mass is 492 g/mol. The van der Waals surface area contributed by atoms with Gasteiger partial charge in [-0.25, -0.2) is 0 Å². The van der Waals surface area contributed by atoms with Crippen LogP contribution >= 0.6 is 11.3 Å². The number of aryl methyl sites for hydroxylation is 2. The van der Waals surface area contributed by atoms with Gasteiger partial charge in [0.25, 0.3) is 0 Å². The molecule has 2 aromatic heterocycles. The van der Waals surface area contributed by atoms with Crippen LogP contribution < -0.4 is 4.90 Å². The van der Waals surface area contributed by atoms with Crippen LogP contribution in [-0.4, -0.2) is 35.0 Å². The SMILES string of the molecule is CC(=O)c1c(C)[nH]c(C(=O)COC(=O)[C@H]2CCC(=O)N(c3ccc(C)cc3)[C@@H]2c2cccs2)c1C. The first-order chi connectivity index (χ1) is 16.7. The first-order valence-electron chi connectivity index (χ1n) is 11.5. The van der Waals surface area contributed by atoms with E-state index < -0.39 is 30.3 Å². The standard InChI is InChI=1S/C27H28N2O5S/c1-15-7-9-19(10-8-15)29-23(32)12-11-20(26(29)22-6-5-13-35-22)27(33)34-14-21(31)25-16(2)24(18(4)30)17(3)28-25/h5-10,13,20,26,28H,11-12,14H2,1-4H3/t20-,26-/m0/s1. The van der Waals surface area contributed by atoms with Gasteiger partial charge in [0.05, 0.1) is 17.7 Å². The lowest BCUT2D eigenvalue weighted by Gasteiger charge is -2.39. The van der Waals surface area contributed by atoms with Crippen molar-refractivity contribution in [1.82, 2.24) is 4.98 Å². The molecule has 1 aliphatic heterocycles. The lowest BCUT2D eigenvalue weighted by molar-refractivity contribution is -0.149. The molecule has 1 amide bonds. The summed E-state index contributed by atoms with van der Waals surface area (Å²) in [5.74, 6) is -1.72. The van der Waals surface area contributed by atoms with Crippen LogP contribution in [0.25, 0.3) is 0 Å². The molecule has 4 rings (SSSR count). The van der Waals surface area contributed by atoms with Crippen molar-refractivity contribution in [2.24, 2.45) is 5.92 Å². The second-order valence-corrected chi connectivity index (χ2v) is 9.90. The predicted molar refractivity (Wildman–Crippen MR) is 134 cm³/mol. The number of anilines is 1. The van der Waals surface area contributed by atoms with Crippen LogP contribution in [0, 0.1) is 26.7 Å². The van der Waals surface area contributed by atoms with Crippen molar-refractivity contribution in [3.63, 3.8) is 0 Å². The Morgan fingerprint density at radius 3 is 2.43 bits per heavy atom. The summed E-state index contributed by atoms with van der Waals surface area (Å²) in [5.41, 5.74) is 3.72. The number of aromatic amines is 1. The third-order valence-electron chi connectivity index (χ3n) is 6.46. The van der Waals surface area contributed by atoms with Crippen molar-refractivity contribution in [3.8, 4) is 0 Å². The Kier molecular flexibility index (Phi) is 7.03. The Hall–Kier alpha value is -3.52. The van der Waals surface area contributed by atoms with Crippen LogP contribution in [0.1, 0.15) is 68.4 Å². The number of esters is 1. The fraction of sp³-hybridized carbons (Fsp3) is 0.333. The smallest absolute Gasteiger partial charge is 0.311 e. The zero-order valence-electron chi connectivity index (χ0n) is 20.2. The topological polar surface area (TPSA) is 96.5 Å². The highest BCUT2D eigenvalue weighted by Crippen LogP contribution is 2.42. The summed E-state index contributed by atoms with van der Waals surface area (Å²) in [4.78, 5) is 56.5. The lowest BCUT2D eigenvalue weighted by atomic mass is 9.87. The Morgan fingerprint density at radius 2 is 1.83 bits per heavy atom. The van der Waals surface area contributed by atoms with Gasteiger partial charge in [-0.05, 0) is 63.3 Å². The molecule has 35 heavy (non-hydrogen) atoms. The molecule has 0 saturated carbocycles. The van der Waals surface area contributed by atoms with Crippen LogP contribution in [0.2, 0.25) is 0 Å². The number of Topliss-reactive ketones (excluding diaryl/α,β-unsaturated/α-hetero) is 2. The van der Waals surface area contributed by atoms with Crippen molar-refractivity contribution in [2.75, 3.05) is 11.5 Å². The van der Waals surface area contributed by atoms with Crippen LogP contribution in [0.3, 0.4) is 0 Å². The number of ketones is 2. The van der Waals surface area contributed by atoms with E-state index in [1.807, 2.05) is 48.7 Å². The average molecular weight is 493 g/mol. The molecular weight excluding hydrogens is 464 g/mol. The van der Waals surface area contributed by atoms with Crippen molar-refractivity contribution in [2.45, 2.75) is 46.6 Å². The molecule has 1 aromatic carbocycles. The molecule has 3 heterocycles. The average Bonchev–Trinajstić information content (AvgIpc) is 3.45. The fourth-order valence-electron chi connectivity index (χ4n) is 4.81. The minimum Gasteiger partial charge on any atom is -0.457 e. The zero-order valence-corrected chi connectivity index (χ0v) is 21.0. The van der Waals surface area contributed by atoms with Gasteiger partial charge in [-0.3, -0.25) is 19.2 Å². The fourth-order valence-corrected chi connectivity index (χ4v) is 5.69. The molecule has 182 valence electrons. The van der Waals surface area contributed by atoms with Gasteiger partial charge >= 0.3 is 5.97 Å². The number of hydrogen-bond acceptors (Lipinski definition) is 6. The number of benzene rings is 1. The predicted octanol–water partition coefficient (Wildman–Crippen LogP) is 5.11. The maximum absolute atomic E-state index is 13.3. The molecule has 0 aliphatic carbocycles. The number of aromatic nitrogens is 1. The van der Waals surface area contributed by atoms with E-state index in [4.69, 9.17) is 4.74 Å². The molecular formula is C27H28N2O5S. The number of hydrogen-bond donors (Lipinski definition) is 1. The number of ether oxygens (including phenoxy) is 1. The molecule has 1 fully saturated rings. The number of thiophene rings is 1. The third kappa shape index (κ3) is 4.84. The Balaban J connectivity index is 1.57. The minimum atomic E-state index is -0.611. The van der Waals surface area contributed by atoms with E-state index in [1.54, 1.807) is 18.7 Å². The van der Waals surface area contributed by atoms with Gasteiger partial charge in [0, 0.05) is 28.2 Å². The first kappa shape index (κ1) is 24.6. The second kappa shape index (κ2) is 10.00. The molecule has 1 N–H and O–H groups in total. The summed E-state index contributed by atoms with van der Waals surface area (Å²) < 4.78 is 5.50. The summed E-state index contributed by atoms with van der Waals surface area (Å²) >= 11 is 1.48. The second-order valence-electron chi connectivity index (χ2n) is 8.92. The van der Waals surface area contributed by atoms with Crippen molar-refractivity contribution >= 4 is 40.5 Å². The van der Waals surface area contributed by atoms with Crippen LogP contribution in [0.15, 0.2) is 41.8 Å². The number of nitrogens with one attached hydrogen (secondary N) is 1. The summed E-state index contributed by atoms with van der Waals surface area (Å²) in [6, 6.07) is 10.9. The largest absolute Gasteiger partial charge is 0.457 e. The molecule has 1 aliphatic rings. The Labute approximate surface area is 208 Å². The zero-order chi connectivity index (χ0) is 25.3. The summed E-state index contributed by atoms with van der Waals surface area (Å²) in [5, 5.41) is 1.91. The van der Waals surface area contributed by atoms with E-state index in [-0.39, 0.29) is 23.8 Å². The maximum Gasteiger partial charge on any atom is 0.311 e. The number of rotatable bonds is 7. The van der Waals surface area contributed by atoms with E-state index in [1.165, 1.54) is 18.3 Å². The normalized spacial score (nSPS) is 17.9. The van der Waals surface area contributed by atoms with Gasteiger partial charge in [0.1, 0.15) is 0 Å². The summed E-state index contributed by atoms with van der Waals surface area (Å²) in [6.07, 6.45) is 0.548.